The Morgan fingerprint density at radius 1 is 1.19 bits per heavy atom. The van der Waals surface area contributed by atoms with Crippen LogP contribution in [-0.2, 0) is 16.0 Å². The number of aryl methyl sites for hydroxylation is 2. The SMILES string of the molecule is Cc1cc2cc([C@H](c3nnnn3C[C@H]3CCCO3)[NH+]3CCOCC3)c(=O)[nH]c2cc1C. The highest BCUT2D eigenvalue weighted by atomic mass is 16.5. The average Bonchev–Trinajstić information content (AvgIpc) is 3.44. The lowest BCUT2D eigenvalue weighted by molar-refractivity contribution is -0.933. The Kier molecular flexibility index (Phi) is 5.56. The molecule has 2 atom stereocenters. The van der Waals surface area contributed by atoms with Gasteiger partial charge in [0.25, 0.3) is 5.56 Å². The molecule has 2 saturated heterocycles. The molecule has 2 aromatic heterocycles. The van der Waals surface area contributed by atoms with Crippen LogP contribution >= 0.6 is 0 Å². The molecule has 5 rings (SSSR count). The standard InChI is InChI=1S/C22H28N6O3/c1-14-10-16-12-18(22(29)23-19(16)11-15(14)2)20(27-5-8-30-9-6-27)21-24-25-26-28(21)13-17-4-3-7-31-17/h10-12,17,20H,3-9,13H2,1-2H3,(H,23,29)/p+1/t17-,20-/m1/s1. The number of nitrogens with one attached hydrogen (secondary N) is 2. The van der Waals surface area contributed by atoms with E-state index in [0.29, 0.717) is 31.1 Å². The number of tetrazole rings is 1. The number of aromatic nitrogens is 5. The number of quaternary nitrogens is 1. The van der Waals surface area contributed by atoms with Crippen molar-refractivity contribution in [3.05, 3.63) is 51.1 Å². The first-order chi connectivity index (χ1) is 15.1. The fourth-order valence-corrected chi connectivity index (χ4v) is 4.70. The van der Waals surface area contributed by atoms with Crippen LogP contribution in [0.1, 0.15) is 41.4 Å². The molecule has 2 aliphatic rings. The molecule has 164 valence electrons. The van der Waals surface area contributed by atoms with Gasteiger partial charge in [-0.05, 0) is 71.8 Å². The number of fused-ring (bicyclic) bond motifs is 1. The van der Waals surface area contributed by atoms with Crippen LogP contribution in [-0.4, -0.2) is 64.2 Å². The Balaban J connectivity index is 1.61. The molecule has 3 aromatic rings. The van der Waals surface area contributed by atoms with Crippen LogP contribution in [0.5, 0.6) is 0 Å². The van der Waals surface area contributed by atoms with Gasteiger partial charge in [-0.1, -0.05) is 0 Å². The van der Waals surface area contributed by atoms with Gasteiger partial charge in [0.2, 0.25) is 5.82 Å². The fourth-order valence-electron chi connectivity index (χ4n) is 4.70. The lowest BCUT2D eigenvalue weighted by Gasteiger charge is -2.30. The molecule has 1 aromatic carbocycles. The van der Waals surface area contributed by atoms with Gasteiger partial charge in [0.05, 0.1) is 31.4 Å². The van der Waals surface area contributed by atoms with Crippen LogP contribution in [0.2, 0.25) is 0 Å². The van der Waals surface area contributed by atoms with Crippen molar-refractivity contribution < 1.29 is 14.4 Å². The molecule has 9 nitrogen and oxygen atoms in total. The molecule has 2 N–H and O–H groups in total. The third-order valence-corrected chi connectivity index (χ3v) is 6.56. The highest BCUT2D eigenvalue weighted by molar-refractivity contribution is 5.80. The molecule has 0 saturated carbocycles. The van der Waals surface area contributed by atoms with Crippen molar-refractivity contribution in [2.75, 3.05) is 32.9 Å². The van der Waals surface area contributed by atoms with E-state index in [2.05, 4.69) is 40.4 Å². The molecule has 0 amide bonds. The van der Waals surface area contributed by atoms with Crippen molar-refractivity contribution in [2.45, 2.75) is 45.4 Å². The second kappa shape index (κ2) is 8.49. The monoisotopic (exact) mass is 425 g/mol. The van der Waals surface area contributed by atoms with Gasteiger partial charge in [0.1, 0.15) is 13.1 Å². The van der Waals surface area contributed by atoms with Crippen LogP contribution in [0.3, 0.4) is 0 Å². The highest BCUT2D eigenvalue weighted by Crippen LogP contribution is 2.22. The van der Waals surface area contributed by atoms with Crippen LogP contribution in [0.25, 0.3) is 10.9 Å². The quantitative estimate of drug-likeness (QED) is 0.611. The predicted molar refractivity (Wildman–Crippen MR) is 114 cm³/mol. The highest BCUT2D eigenvalue weighted by Gasteiger charge is 2.35. The first-order valence-electron chi connectivity index (χ1n) is 11.0. The number of aromatic amines is 1. The van der Waals surface area contributed by atoms with E-state index in [-0.39, 0.29) is 17.7 Å². The van der Waals surface area contributed by atoms with E-state index < -0.39 is 0 Å². The van der Waals surface area contributed by atoms with Crippen LogP contribution in [0, 0.1) is 13.8 Å². The molecular weight excluding hydrogens is 396 g/mol. The number of pyridine rings is 1. The minimum absolute atomic E-state index is 0.0913. The summed E-state index contributed by atoms with van der Waals surface area (Å²) in [4.78, 5) is 17.6. The van der Waals surface area contributed by atoms with Gasteiger partial charge < -0.3 is 19.4 Å². The van der Waals surface area contributed by atoms with Crippen molar-refractivity contribution in [2.24, 2.45) is 0 Å². The van der Waals surface area contributed by atoms with E-state index in [9.17, 15) is 4.79 Å². The van der Waals surface area contributed by atoms with Gasteiger partial charge in [-0.2, -0.15) is 0 Å². The van der Waals surface area contributed by atoms with Gasteiger partial charge in [-0.3, -0.25) is 4.79 Å². The summed E-state index contributed by atoms with van der Waals surface area (Å²) in [5.41, 5.74) is 3.81. The summed E-state index contributed by atoms with van der Waals surface area (Å²) in [6, 6.07) is 5.91. The van der Waals surface area contributed by atoms with E-state index >= 15 is 0 Å². The van der Waals surface area contributed by atoms with Crippen molar-refractivity contribution in [3.8, 4) is 0 Å². The molecule has 0 radical (unpaired) electrons. The lowest BCUT2D eigenvalue weighted by Crippen LogP contribution is -3.14. The maximum atomic E-state index is 13.3. The summed E-state index contributed by atoms with van der Waals surface area (Å²) >= 11 is 0. The van der Waals surface area contributed by atoms with Crippen molar-refractivity contribution in [1.82, 2.24) is 25.2 Å². The first-order valence-corrected chi connectivity index (χ1v) is 11.0. The third-order valence-electron chi connectivity index (χ3n) is 6.56. The molecule has 2 fully saturated rings. The first kappa shape index (κ1) is 20.3. The van der Waals surface area contributed by atoms with Gasteiger partial charge >= 0.3 is 0 Å². The van der Waals surface area contributed by atoms with Crippen LogP contribution < -0.4 is 10.5 Å². The second-order valence-corrected chi connectivity index (χ2v) is 8.64. The number of rotatable bonds is 5. The molecule has 0 unspecified atom stereocenters. The summed E-state index contributed by atoms with van der Waals surface area (Å²) in [5.74, 6) is 0.709. The summed E-state index contributed by atoms with van der Waals surface area (Å²) in [5, 5.41) is 13.6. The Morgan fingerprint density at radius 2 is 2.00 bits per heavy atom. The Labute approximate surface area is 180 Å². The van der Waals surface area contributed by atoms with Gasteiger partial charge in [0, 0.05) is 12.1 Å². The van der Waals surface area contributed by atoms with Crippen molar-refractivity contribution in [1.29, 1.82) is 0 Å². The lowest BCUT2D eigenvalue weighted by atomic mass is 10.0. The minimum Gasteiger partial charge on any atom is -0.376 e. The number of hydrogen-bond donors (Lipinski definition) is 2. The number of hydrogen-bond acceptors (Lipinski definition) is 6. The van der Waals surface area contributed by atoms with Crippen LogP contribution in [0.15, 0.2) is 23.0 Å². The predicted octanol–water partition coefficient (Wildman–Crippen LogP) is 0.315. The zero-order chi connectivity index (χ0) is 21.4. The van der Waals surface area contributed by atoms with Gasteiger partial charge in [-0.25, -0.2) is 4.68 Å². The zero-order valence-corrected chi connectivity index (χ0v) is 18.1. The maximum Gasteiger partial charge on any atom is 0.258 e. The van der Waals surface area contributed by atoms with E-state index in [1.54, 1.807) is 0 Å². The van der Waals surface area contributed by atoms with E-state index in [1.807, 2.05) is 16.8 Å². The summed E-state index contributed by atoms with van der Waals surface area (Å²) in [6.07, 6.45) is 2.18. The van der Waals surface area contributed by atoms with E-state index in [1.165, 1.54) is 10.5 Å². The Hall–Kier alpha value is -2.62. The van der Waals surface area contributed by atoms with Gasteiger partial charge in [-0.15, -0.1) is 5.10 Å². The average molecular weight is 426 g/mol. The second-order valence-electron chi connectivity index (χ2n) is 8.64. The third kappa shape index (κ3) is 4.00. The Morgan fingerprint density at radius 3 is 2.77 bits per heavy atom. The number of ether oxygens (including phenoxy) is 2. The maximum absolute atomic E-state index is 13.3. The summed E-state index contributed by atoms with van der Waals surface area (Å²) in [7, 11) is 0. The largest absolute Gasteiger partial charge is 0.376 e. The van der Waals surface area contributed by atoms with Crippen molar-refractivity contribution >= 4 is 10.9 Å². The van der Waals surface area contributed by atoms with E-state index in [0.717, 1.165) is 49.0 Å². The molecule has 2 aliphatic heterocycles. The molecule has 0 bridgehead atoms. The molecule has 0 aliphatic carbocycles. The summed E-state index contributed by atoms with van der Waals surface area (Å²) < 4.78 is 13.2. The number of morpholine rings is 1. The normalized spacial score (nSPS) is 21.0. The van der Waals surface area contributed by atoms with Gasteiger partial charge in [0.15, 0.2) is 6.04 Å². The molecule has 0 spiro atoms. The Bertz CT molecular complexity index is 1130. The fraction of sp³-hybridized carbons (Fsp3) is 0.545. The van der Waals surface area contributed by atoms with Crippen molar-refractivity contribution in [3.63, 3.8) is 0 Å². The number of benzene rings is 1. The molecule has 31 heavy (non-hydrogen) atoms. The molecular formula is C22H29N6O3+. The number of nitrogens with zero attached hydrogens (tertiary/aromatic N) is 4. The number of H-pyrrole nitrogens is 1. The topological polar surface area (TPSA) is 99.4 Å². The summed E-state index contributed by atoms with van der Waals surface area (Å²) in [6.45, 7) is 8.43. The molecule has 4 heterocycles. The minimum atomic E-state index is -0.268. The zero-order valence-electron chi connectivity index (χ0n) is 18.1. The molecule has 9 heteroatoms. The smallest absolute Gasteiger partial charge is 0.258 e. The van der Waals surface area contributed by atoms with Crippen LogP contribution in [0.4, 0.5) is 0 Å². The van der Waals surface area contributed by atoms with E-state index in [4.69, 9.17) is 9.47 Å².